The second-order valence-corrected chi connectivity index (χ2v) is 6.35. The normalized spacial score (nSPS) is 18.1. The predicted octanol–water partition coefficient (Wildman–Crippen LogP) is 3.40. The number of amides is 2. The van der Waals surface area contributed by atoms with Gasteiger partial charge in [-0.05, 0) is 30.4 Å². The Morgan fingerprint density at radius 1 is 1.55 bits per heavy atom. The summed E-state index contributed by atoms with van der Waals surface area (Å²) in [5.41, 5.74) is 0.914. The molecule has 0 bridgehead atoms. The first-order valence-corrected chi connectivity index (χ1v) is 8.08. The highest BCUT2D eigenvalue weighted by atomic mass is 32.2. The van der Waals surface area contributed by atoms with Gasteiger partial charge in [-0.3, -0.25) is 0 Å². The van der Waals surface area contributed by atoms with E-state index in [-0.39, 0.29) is 12.1 Å². The van der Waals surface area contributed by atoms with Crippen molar-refractivity contribution in [1.82, 2.24) is 14.7 Å². The molecule has 2 heterocycles. The lowest BCUT2D eigenvalue weighted by Crippen LogP contribution is -2.39. The molecule has 1 fully saturated rings. The summed E-state index contributed by atoms with van der Waals surface area (Å²) in [6.45, 7) is -2.68. The van der Waals surface area contributed by atoms with E-state index in [0.717, 1.165) is 17.9 Å². The topological polar surface area (TPSA) is 50.2 Å². The molecule has 1 N–H and O–H groups in total. The lowest BCUT2D eigenvalue weighted by Gasteiger charge is -2.24. The zero-order chi connectivity index (χ0) is 15.7. The number of halogens is 2. The summed E-state index contributed by atoms with van der Waals surface area (Å²) in [6, 6.07) is 4.85. The SMILES string of the molecule is CN(C(=O)Nc1ccc2c(cnn2C(F)F)c1)C1CCSC1. The molecule has 1 aliphatic heterocycles. The highest BCUT2D eigenvalue weighted by Crippen LogP contribution is 2.24. The van der Waals surface area contributed by atoms with E-state index >= 15 is 0 Å². The minimum absolute atomic E-state index is 0.187. The van der Waals surface area contributed by atoms with Gasteiger partial charge in [0.1, 0.15) is 0 Å². The van der Waals surface area contributed by atoms with Crippen LogP contribution in [0, 0.1) is 0 Å². The number of alkyl halides is 2. The number of anilines is 1. The molecule has 1 aromatic carbocycles. The highest BCUT2D eigenvalue weighted by Gasteiger charge is 2.24. The van der Waals surface area contributed by atoms with Gasteiger partial charge in [-0.25, -0.2) is 9.48 Å². The molecule has 118 valence electrons. The minimum Gasteiger partial charge on any atom is -0.324 e. The number of carbonyl (C=O) groups is 1. The molecule has 1 saturated heterocycles. The smallest absolute Gasteiger partial charge is 0.324 e. The summed E-state index contributed by atoms with van der Waals surface area (Å²) in [7, 11) is 1.78. The van der Waals surface area contributed by atoms with E-state index in [9.17, 15) is 13.6 Å². The van der Waals surface area contributed by atoms with Crippen molar-refractivity contribution in [2.45, 2.75) is 19.0 Å². The van der Waals surface area contributed by atoms with E-state index in [1.165, 1.54) is 12.3 Å². The van der Waals surface area contributed by atoms with Crippen LogP contribution in [0.15, 0.2) is 24.4 Å². The molecular formula is C14H16F2N4OS. The van der Waals surface area contributed by atoms with E-state index in [4.69, 9.17) is 0 Å². The molecular weight excluding hydrogens is 310 g/mol. The highest BCUT2D eigenvalue weighted by molar-refractivity contribution is 7.99. The lowest BCUT2D eigenvalue weighted by molar-refractivity contribution is 0.0615. The average Bonchev–Trinajstić information content (AvgIpc) is 3.15. The van der Waals surface area contributed by atoms with Crippen molar-refractivity contribution in [3.63, 3.8) is 0 Å². The van der Waals surface area contributed by atoms with Gasteiger partial charge >= 0.3 is 12.6 Å². The van der Waals surface area contributed by atoms with Crippen molar-refractivity contribution >= 4 is 34.4 Å². The summed E-state index contributed by atoms with van der Waals surface area (Å²) >= 11 is 1.84. The standard InChI is InChI=1S/C14H16F2N4OS/c1-19(11-4-5-22-8-11)14(21)18-10-2-3-12-9(6-10)7-17-20(12)13(15)16/h2-3,6-7,11,13H,4-5,8H2,1H3,(H,18,21). The molecule has 0 saturated carbocycles. The summed E-state index contributed by atoms with van der Waals surface area (Å²) in [5, 5.41) is 7.02. The van der Waals surface area contributed by atoms with Crippen LogP contribution >= 0.6 is 11.8 Å². The van der Waals surface area contributed by atoms with Crippen LogP contribution < -0.4 is 5.32 Å². The van der Waals surface area contributed by atoms with E-state index in [0.29, 0.717) is 21.3 Å². The van der Waals surface area contributed by atoms with Gasteiger partial charge in [-0.15, -0.1) is 0 Å². The van der Waals surface area contributed by atoms with Crippen LogP contribution in [0.25, 0.3) is 10.9 Å². The van der Waals surface area contributed by atoms with Crippen LogP contribution in [0.4, 0.5) is 19.3 Å². The maximum atomic E-state index is 12.7. The first-order chi connectivity index (χ1) is 10.6. The van der Waals surface area contributed by atoms with E-state index in [1.807, 2.05) is 11.8 Å². The molecule has 0 aliphatic carbocycles. The van der Waals surface area contributed by atoms with Gasteiger partial charge in [0.05, 0.1) is 11.7 Å². The molecule has 2 amide bonds. The monoisotopic (exact) mass is 326 g/mol. The fourth-order valence-electron chi connectivity index (χ4n) is 2.49. The van der Waals surface area contributed by atoms with Gasteiger partial charge in [-0.2, -0.15) is 25.6 Å². The molecule has 0 radical (unpaired) electrons. The molecule has 1 aliphatic rings. The largest absolute Gasteiger partial charge is 0.333 e. The molecule has 1 aromatic heterocycles. The van der Waals surface area contributed by atoms with Gasteiger partial charge in [0.15, 0.2) is 0 Å². The van der Waals surface area contributed by atoms with Crippen LogP contribution in [0.2, 0.25) is 0 Å². The fourth-order valence-corrected chi connectivity index (χ4v) is 3.76. The summed E-state index contributed by atoms with van der Waals surface area (Å²) in [6.07, 6.45) is 2.36. The van der Waals surface area contributed by atoms with Crippen molar-refractivity contribution in [3.8, 4) is 0 Å². The first kappa shape index (κ1) is 15.1. The van der Waals surface area contributed by atoms with Gasteiger partial charge in [0.2, 0.25) is 0 Å². The summed E-state index contributed by atoms with van der Waals surface area (Å²) in [4.78, 5) is 13.9. The number of urea groups is 1. The molecule has 1 unspecified atom stereocenters. The molecule has 2 aromatic rings. The van der Waals surface area contributed by atoms with Crippen molar-refractivity contribution in [1.29, 1.82) is 0 Å². The average molecular weight is 326 g/mol. The first-order valence-electron chi connectivity index (χ1n) is 6.93. The number of benzene rings is 1. The maximum absolute atomic E-state index is 12.7. The Morgan fingerprint density at radius 2 is 2.36 bits per heavy atom. The number of rotatable bonds is 3. The maximum Gasteiger partial charge on any atom is 0.333 e. The van der Waals surface area contributed by atoms with Crippen molar-refractivity contribution in [3.05, 3.63) is 24.4 Å². The molecule has 8 heteroatoms. The molecule has 0 spiro atoms. The third kappa shape index (κ3) is 2.87. The van der Waals surface area contributed by atoms with Gasteiger partial charge in [0, 0.05) is 29.9 Å². The van der Waals surface area contributed by atoms with E-state index in [1.54, 1.807) is 24.1 Å². The lowest BCUT2D eigenvalue weighted by atomic mass is 10.2. The Bertz CT molecular complexity index is 685. The number of hydrogen-bond donors (Lipinski definition) is 1. The van der Waals surface area contributed by atoms with Crippen molar-refractivity contribution < 1.29 is 13.6 Å². The Kier molecular flexibility index (Phi) is 4.19. The van der Waals surface area contributed by atoms with Crippen LogP contribution in [-0.4, -0.2) is 45.3 Å². The Balaban J connectivity index is 1.75. The van der Waals surface area contributed by atoms with Crippen molar-refractivity contribution in [2.24, 2.45) is 0 Å². The summed E-state index contributed by atoms with van der Waals surface area (Å²) < 4.78 is 26.1. The van der Waals surface area contributed by atoms with Crippen LogP contribution in [0.1, 0.15) is 13.0 Å². The third-order valence-electron chi connectivity index (χ3n) is 3.81. The number of thioether (sulfide) groups is 1. The third-order valence-corrected chi connectivity index (χ3v) is 4.95. The molecule has 1 atom stereocenters. The number of hydrogen-bond acceptors (Lipinski definition) is 3. The Morgan fingerprint density at radius 3 is 3.05 bits per heavy atom. The Labute approximate surface area is 130 Å². The second kappa shape index (κ2) is 6.12. The zero-order valence-corrected chi connectivity index (χ0v) is 12.8. The minimum atomic E-state index is -2.68. The van der Waals surface area contributed by atoms with E-state index in [2.05, 4.69) is 10.4 Å². The molecule has 22 heavy (non-hydrogen) atoms. The summed E-state index contributed by atoms with van der Waals surface area (Å²) in [5.74, 6) is 2.02. The number of fused-ring (bicyclic) bond motifs is 1. The fraction of sp³-hybridized carbons (Fsp3) is 0.429. The number of aromatic nitrogens is 2. The van der Waals surface area contributed by atoms with Crippen LogP contribution in [0.3, 0.4) is 0 Å². The van der Waals surface area contributed by atoms with Gasteiger partial charge in [0.25, 0.3) is 0 Å². The Hall–Kier alpha value is -1.83. The second-order valence-electron chi connectivity index (χ2n) is 5.20. The number of nitrogens with zero attached hydrogens (tertiary/aromatic N) is 3. The number of carbonyl (C=O) groups excluding carboxylic acids is 1. The molecule has 3 rings (SSSR count). The zero-order valence-electron chi connectivity index (χ0n) is 12.0. The van der Waals surface area contributed by atoms with Crippen LogP contribution in [-0.2, 0) is 0 Å². The molecule has 5 nitrogen and oxygen atoms in total. The van der Waals surface area contributed by atoms with Gasteiger partial charge in [-0.1, -0.05) is 0 Å². The van der Waals surface area contributed by atoms with E-state index < -0.39 is 6.55 Å². The number of nitrogens with one attached hydrogen (secondary N) is 1. The van der Waals surface area contributed by atoms with Crippen LogP contribution in [0.5, 0.6) is 0 Å². The predicted molar refractivity (Wildman–Crippen MR) is 83.5 cm³/mol. The van der Waals surface area contributed by atoms with Gasteiger partial charge < -0.3 is 10.2 Å². The quantitative estimate of drug-likeness (QED) is 0.940. The van der Waals surface area contributed by atoms with Crippen molar-refractivity contribution in [2.75, 3.05) is 23.9 Å².